The lowest BCUT2D eigenvalue weighted by Gasteiger charge is -2.29. The number of carbonyl (C=O) groups excluding carboxylic acids is 1. The molecule has 1 aromatic carbocycles. The molecule has 146 valence electrons. The van der Waals surface area contributed by atoms with Crippen LogP contribution >= 0.6 is 0 Å². The van der Waals surface area contributed by atoms with Crippen molar-refractivity contribution in [3.63, 3.8) is 0 Å². The number of aromatic nitrogens is 1. The smallest absolute Gasteiger partial charge is 0.253 e. The van der Waals surface area contributed by atoms with Crippen LogP contribution in [0.3, 0.4) is 0 Å². The summed E-state index contributed by atoms with van der Waals surface area (Å²) in [7, 11) is 0. The number of pyridine rings is 1. The number of furan rings is 1. The molecule has 1 aliphatic heterocycles. The molecule has 4 rings (SSSR count). The number of anilines is 1. The minimum absolute atomic E-state index is 0.0538. The van der Waals surface area contributed by atoms with Gasteiger partial charge in [0.25, 0.3) is 5.91 Å². The van der Waals surface area contributed by atoms with Crippen molar-refractivity contribution in [2.24, 2.45) is 0 Å². The number of hydrogen-bond donors (Lipinski definition) is 1. The van der Waals surface area contributed by atoms with Crippen LogP contribution in [0.25, 0.3) is 10.8 Å². The highest BCUT2D eigenvalue weighted by Crippen LogP contribution is 2.29. The Balaban J connectivity index is 1.52. The maximum absolute atomic E-state index is 12.9. The number of nitrogens with zero attached hydrogens (tertiary/aromatic N) is 2. The first kappa shape index (κ1) is 18.5. The van der Waals surface area contributed by atoms with Crippen LogP contribution in [-0.4, -0.2) is 30.0 Å². The molecule has 0 saturated carbocycles. The Bertz CT molecular complexity index is 930. The van der Waals surface area contributed by atoms with Crippen molar-refractivity contribution in [1.29, 1.82) is 0 Å². The average molecular weight is 377 g/mol. The standard InChI is InChI=1S/C23H27N3O2/c1-17(11-12-18-8-7-15-28-18)25-23(27)21-16-24-22(26-13-5-2-6-14-26)20-10-4-3-9-19(20)21/h3-4,7-10,15-17H,2,5-6,11-14H2,1H3,(H,25,27)/t17-/m1/s1. The molecule has 3 heterocycles. The van der Waals surface area contributed by atoms with Crippen LogP contribution in [0.15, 0.2) is 53.3 Å². The van der Waals surface area contributed by atoms with Gasteiger partial charge in [-0.05, 0) is 50.1 Å². The van der Waals surface area contributed by atoms with E-state index in [1.54, 1.807) is 12.5 Å². The molecule has 1 amide bonds. The molecule has 1 fully saturated rings. The topological polar surface area (TPSA) is 58.4 Å². The predicted molar refractivity (Wildman–Crippen MR) is 112 cm³/mol. The summed E-state index contributed by atoms with van der Waals surface area (Å²) < 4.78 is 5.37. The summed E-state index contributed by atoms with van der Waals surface area (Å²) in [6.45, 7) is 4.09. The van der Waals surface area contributed by atoms with Gasteiger partial charge in [0, 0.05) is 37.1 Å². The van der Waals surface area contributed by atoms with E-state index in [9.17, 15) is 4.79 Å². The third kappa shape index (κ3) is 4.03. The minimum atomic E-state index is -0.0687. The molecule has 5 heteroatoms. The van der Waals surface area contributed by atoms with Gasteiger partial charge in [-0.25, -0.2) is 4.98 Å². The molecule has 1 atom stereocenters. The summed E-state index contributed by atoms with van der Waals surface area (Å²) in [6, 6.07) is 12.0. The van der Waals surface area contributed by atoms with Crippen molar-refractivity contribution in [3.8, 4) is 0 Å². The lowest BCUT2D eigenvalue weighted by Crippen LogP contribution is -2.33. The van der Waals surface area contributed by atoms with Gasteiger partial charge in [0.1, 0.15) is 11.6 Å². The van der Waals surface area contributed by atoms with Gasteiger partial charge in [0.2, 0.25) is 0 Å². The molecule has 0 aliphatic carbocycles. The lowest BCUT2D eigenvalue weighted by molar-refractivity contribution is 0.0939. The summed E-state index contributed by atoms with van der Waals surface area (Å²) in [5.41, 5.74) is 0.640. The van der Waals surface area contributed by atoms with Crippen molar-refractivity contribution < 1.29 is 9.21 Å². The maximum atomic E-state index is 12.9. The highest BCUT2D eigenvalue weighted by molar-refractivity contribution is 6.09. The third-order valence-electron chi connectivity index (χ3n) is 5.46. The van der Waals surface area contributed by atoms with E-state index in [1.165, 1.54) is 19.3 Å². The molecule has 28 heavy (non-hydrogen) atoms. The number of benzene rings is 1. The molecule has 0 radical (unpaired) electrons. The van der Waals surface area contributed by atoms with E-state index in [-0.39, 0.29) is 11.9 Å². The van der Waals surface area contributed by atoms with Gasteiger partial charge in [-0.15, -0.1) is 0 Å². The zero-order chi connectivity index (χ0) is 19.3. The highest BCUT2D eigenvalue weighted by atomic mass is 16.3. The Labute approximate surface area is 165 Å². The van der Waals surface area contributed by atoms with Crippen LogP contribution in [-0.2, 0) is 6.42 Å². The van der Waals surface area contributed by atoms with Gasteiger partial charge in [-0.2, -0.15) is 0 Å². The number of nitrogens with one attached hydrogen (secondary N) is 1. The van der Waals surface area contributed by atoms with Crippen molar-refractivity contribution >= 4 is 22.5 Å². The van der Waals surface area contributed by atoms with Crippen LogP contribution < -0.4 is 10.2 Å². The van der Waals surface area contributed by atoms with Gasteiger partial charge in [0.05, 0.1) is 11.8 Å². The van der Waals surface area contributed by atoms with Crippen LogP contribution in [0.4, 0.5) is 5.82 Å². The Morgan fingerprint density at radius 2 is 1.93 bits per heavy atom. The van der Waals surface area contributed by atoms with E-state index < -0.39 is 0 Å². The summed E-state index contributed by atoms with van der Waals surface area (Å²) in [5.74, 6) is 1.87. The molecule has 3 aromatic rings. The van der Waals surface area contributed by atoms with Crippen molar-refractivity contribution in [1.82, 2.24) is 10.3 Å². The lowest BCUT2D eigenvalue weighted by atomic mass is 10.0. The first-order valence-corrected chi connectivity index (χ1v) is 10.2. The summed E-state index contributed by atoms with van der Waals surface area (Å²) in [5, 5.41) is 5.14. The molecular formula is C23H27N3O2. The summed E-state index contributed by atoms with van der Waals surface area (Å²) in [6.07, 6.45) is 8.74. The van der Waals surface area contributed by atoms with Gasteiger partial charge < -0.3 is 14.6 Å². The van der Waals surface area contributed by atoms with E-state index in [1.807, 2.05) is 37.3 Å². The van der Waals surface area contributed by atoms with Crippen LogP contribution in [0.2, 0.25) is 0 Å². The normalized spacial score (nSPS) is 15.5. The molecule has 0 bridgehead atoms. The van der Waals surface area contributed by atoms with E-state index in [2.05, 4.69) is 16.3 Å². The van der Waals surface area contributed by atoms with E-state index >= 15 is 0 Å². The molecular weight excluding hydrogens is 350 g/mol. The molecule has 5 nitrogen and oxygen atoms in total. The van der Waals surface area contributed by atoms with Crippen LogP contribution in [0.1, 0.15) is 48.7 Å². The second kappa shape index (κ2) is 8.46. The van der Waals surface area contributed by atoms with Crippen molar-refractivity contribution in [2.75, 3.05) is 18.0 Å². The molecule has 1 N–H and O–H groups in total. The number of aryl methyl sites for hydroxylation is 1. The Morgan fingerprint density at radius 3 is 2.68 bits per heavy atom. The number of carbonyl (C=O) groups is 1. The Morgan fingerprint density at radius 1 is 1.14 bits per heavy atom. The highest BCUT2D eigenvalue weighted by Gasteiger charge is 2.19. The zero-order valence-electron chi connectivity index (χ0n) is 16.4. The monoisotopic (exact) mass is 377 g/mol. The summed E-state index contributed by atoms with van der Waals surface area (Å²) >= 11 is 0. The first-order valence-electron chi connectivity index (χ1n) is 10.2. The molecule has 0 unspecified atom stereocenters. The Hall–Kier alpha value is -2.82. The zero-order valence-corrected chi connectivity index (χ0v) is 16.4. The maximum Gasteiger partial charge on any atom is 0.253 e. The summed E-state index contributed by atoms with van der Waals surface area (Å²) in [4.78, 5) is 20.0. The van der Waals surface area contributed by atoms with Crippen LogP contribution in [0.5, 0.6) is 0 Å². The van der Waals surface area contributed by atoms with Gasteiger partial charge in [0.15, 0.2) is 0 Å². The van der Waals surface area contributed by atoms with E-state index in [0.717, 1.165) is 48.3 Å². The van der Waals surface area contributed by atoms with E-state index in [4.69, 9.17) is 9.40 Å². The number of piperidine rings is 1. The first-order chi connectivity index (χ1) is 13.7. The second-order valence-electron chi connectivity index (χ2n) is 7.58. The fourth-order valence-corrected chi connectivity index (χ4v) is 3.90. The molecule has 1 aliphatic rings. The fourth-order valence-electron chi connectivity index (χ4n) is 3.90. The predicted octanol–water partition coefficient (Wildman–Crippen LogP) is 4.57. The van der Waals surface area contributed by atoms with Crippen molar-refractivity contribution in [2.45, 2.75) is 45.1 Å². The van der Waals surface area contributed by atoms with Gasteiger partial charge in [-0.3, -0.25) is 4.79 Å². The van der Waals surface area contributed by atoms with Crippen LogP contribution in [0, 0.1) is 0 Å². The number of rotatable bonds is 6. The minimum Gasteiger partial charge on any atom is -0.469 e. The van der Waals surface area contributed by atoms with Gasteiger partial charge >= 0.3 is 0 Å². The quantitative estimate of drug-likeness (QED) is 0.684. The Kier molecular flexibility index (Phi) is 5.60. The average Bonchev–Trinajstić information content (AvgIpc) is 3.26. The molecule has 2 aromatic heterocycles. The third-order valence-corrected chi connectivity index (χ3v) is 5.46. The number of hydrogen-bond acceptors (Lipinski definition) is 4. The number of fused-ring (bicyclic) bond motifs is 1. The van der Waals surface area contributed by atoms with Gasteiger partial charge in [-0.1, -0.05) is 24.3 Å². The molecule has 0 spiro atoms. The van der Waals surface area contributed by atoms with Crippen molar-refractivity contribution in [3.05, 3.63) is 60.2 Å². The van der Waals surface area contributed by atoms with E-state index in [0.29, 0.717) is 5.56 Å². The largest absolute Gasteiger partial charge is 0.469 e. The second-order valence-corrected chi connectivity index (χ2v) is 7.58. The molecule has 1 saturated heterocycles. The number of amides is 1. The SMILES string of the molecule is C[C@H](CCc1ccco1)NC(=O)c1cnc(N2CCCCC2)c2ccccc12. The fraction of sp³-hybridized carbons (Fsp3) is 0.391.